The van der Waals surface area contributed by atoms with E-state index in [4.69, 9.17) is 16.7 Å². The maximum Gasteiger partial charge on any atom is 0.333 e. The number of aliphatic hydroxyl groups excluding tert-OH is 1. The first kappa shape index (κ1) is 23.5. The average molecular weight is 476 g/mol. The molecule has 2 heterocycles. The van der Waals surface area contributed by atoms with Gasteiger partial charge in [-0.3, -0.25) is 4.79 Å². The molecule has 1 atom stereocenters. The van der Waals surface area contributed by atoms with Gasteiger partial charge in [0.2, 0.25) is 5.91 Å². The molecule has 1 amide bonds. The van der Waals surface area contributed by atoms with Crippen LogP contribution in [-0.4, -0.2) is 76.0 Å². The lowest BCUT2D eigenvalue weighted by Gasteiger charge is -2.42. The molecule has 2 aromatic rings. The molecule has 10 heteroatoms. The number of rotatable bonds is 6. The Morgan fingerprint density at radius 2 is 1.76 bits per heavy atom. The number of carbonyl (C=O) groups is 2. The smallest absolute Gasteiger partial charge is 0.333 e. The van der Waals surface area contributed by atoms with Crippen LogP contribution in [0.5, 0.6) is 0 Å². The van der Waals surface area contributed by atoms with Crippen molar-refractivity contribution in [1.82, 2.24) is 4.90 Å². The van der Waals surface area contributed by atoms with Gasteiger partial charge in [-0.15, -0.1) is 0 Å². The van der Waals surface area contributed by atoms with Crippen LogP contribution >= 0.6 is 11.6 Å². The van der Waals surface area contributed by atoms with Crippen molar-refractivity contribution in [3.05, 3.63) is 58.6 Å². The van der Waals surface area contributed by atoms with Crippen LogP contribution in [0, 0.1) is 0 Å². The molecule has 1 saturated heterocycles. The number of hydrogen-bond donors (Lipinski definition) is 4. The van der Waals surface area contributed by atoms with Gasteiger partial charge in [-0.1, -0.05) is 23.7 Å². The van der Waals surface area contributed by atoms with E-state index in [1.807, 2.05) is 24.3 Å². The summed E-state index contributed by atoms with van der Waals surface area (Å²) in [5.41, 5.74) is 2.63. The van der Waals surface area contributed by atoms with E-state index >= 15 is 0 Å². The standard InChI is InChI=1S/C23H26ClN3O6/c24-17-2-1-3-18(13-17)25-8-10-26(11-9-25)23(32,33)16-4-5-19-15(12-16)6-7-27(19)21(29)14-20(28)22(30)31/h1-5,12-13,20,28,32-33H,6-11,14H2,(H,30,31). The van der Waals surface area contributed by atoms with E-state index in [1.54, 1.807) is 23.1 Å². The van der Waals surface area contributed by atoms with Crippen molar-refractivity contribution in [2.45, 2.75) is 24.9 Å². The van der Waals surface area contributed by atoms with Crippen LogP contribution in [-0.2, 0) is 21.9 Å². The molecular weight excluding hydrogens is 450 g/mol. The van der Waals surface area contributed by atoms with E-state index in [9.17, 15) is 24.9 Å². The maximum atomic E-state index is 12.4. The van der Waals surface area contributed by atoms with Crippen molar-refractivity contribution in [2.75, 3.05) is 42.5 Å². The normalized spacial score (nSPS) is 17.7. The van der Waals surface area contributed by atoms with Crippen LogP contribution in [0.25, 0.3) is 0 Å². The third-order valence-electron chi connectivity index (χ3n) is 6.21. The van der Waals surface area contributed by atoms with Gasteiger partial charge in [0.1, 0.15) is 0 Å². The molecular formula is C23H26ClN3O6. The van der Waals surface area contributed by atoms with Crippen LogP contribution in [0.15, 0.2) is 42.5 Å². The Kier molecular flexibility index (Phi) is 6.60. The summed E-state index contributed by atoms with van der Waals surface area (Å²) in [6, 6.07) is 12.4. The number of aliphatic carboxylic acids is 1. The van der Waals surface area contributed by atoms with Crippen molar-refractivity contribution >= 4 is 34.9 Å². The second-order valence-corrected chi connectivity index (χ2v) is 8.72. The Bertz CT molecular complexity index is 1050. The van der Waals surface area contributed by atoms with E-state index in [0.717, 1.165) is 11.3 Å². The number of piperazine rings is 1. The predicted molar refractivity (Wildman–Crippen MR) is 122 cm³/mol. The Morgan fingerprint density at radius 3 is 2.42 bits per heavy atom. The highest BCUT2D eigenvalue weighted by Gasteiger charge is 2.38. The summed E-state index contributed by atoms with van der Waals surface area (Å²) in [4.78, 5) is 28.4. The zero-order valence-electron chi connectivity index (χ0n) is 17.9. The number of halogens is 1. The SMILES string of the molecule is O=C(O)C(O)CC(=O)N1CCc2cc(C(O)(O)N3CCN(c4cccc(Cl)c4)CC3)ccc21. The Labute approximate surface area is 196 Å². The lowest BCUT2D eigenvalue weighted by atomic mass is 10.0. The summed E-state index contributed by atoms with van der Waals surface area (Å²) < 4.78 is 0. The van der Waals surface area contributed by atoms with Gasteiger partial charge in [0.05, 0.1) is 6.42 Å². The van der Waals surface area contributed by atoms with Gasteiger partial charge in [0.15, 0.2) is 6.10 Å². The number of benzene rings is 2. The summed E-state index contributed by atoms with van der Waals surface area (Å²) in [7, 11) is 0. The van der Waals surface area contributed by atoms with Crippen molar-refractivity contribution in [3.8, 4) is 0 Å². The molecule has 1 unspecified atom stereocenters. The van der Waals surface area contributed by atoms with Crippen LogP contribution in [0.4, 0.5) is 11.4 Å². The number of carboxylic acids is 1. The van der Waals surface area contributed by atoms with Crippen molar-refractivity contribution in [3.63, 3.8) is 0 Å². The van der Waals surface area contributed by atoms with Gasteiger partial charge in [-0.25, -0.2) is 9.69 Å². The highest BCUT2D eigenvalue weighted by molar-refractivity contribution is 6.30. The number of amides is 1. The summed E-state index contributed by atoms with van der Waals surface area (Å²) in [5, 5.41) is 40.9. The number of aliphatic hydroxyl groups is 3. The Balaban J connectivity index is 1.44. The van der Waals surface area contributed by atoms with Crippen LogP contribution in [0.2, 0.25) is 5.02 Å². The second kappa shape index (κ2) is 9.28. The van der Waals surface area contributed by atoms with Gasteiger partial charge in [-0.05, 0) is 42.3 Å². The zero-order valence-corrected chi connectivity index (χ0v) is 18.6. The molecule has 0 aromatic heterocycles. The fourth-order valence-electron chi connectivity index (χ4n) is 4.36. The molecule has 4 rings (SSSR count). The third-order valence-corrected chi connectivity index (χ3v) is 6.45. The summed E-state index contributed by atoms with van der Waals surface area (Å²) in [6.45, 7) is 2.39. The minimum absolute atomic E-state index is 0.303. The van der Waals surface area contributed by atoms with Crippen molar-refractivity contribution in [1.29, 1.82) is 0 Å². The summed E-state index contributed by atoms with van der Waals surface area (Å²) in [5.74, 6) is -4.11. The first-order valence-corrected chi connectivity index (χ1v) is 11.1. The van der Waals surface area contributed by atoms with Crippen molar-refractivity contribution in [2.24, 2.45) is 0 Å². The van der Waals surface area contributed by atoms with Gasteiger partial charge in [0, 0.05) is 54.7 Å². The Hall–Kier alpha value is -2.69. The lowest BCUT2D eigenvalue weighted by molar-refractivity contribution is -0.276. The number of anilines is 2. The monoisotopic (exact) mass is 475 g/mol. The molecule has 176 valence electrons. The first-order chi connectivity index (χ1) is 15.7. The number of fused-ring (bicyclic) bond motifs is 1. The maximum absolute atomic E-state index is 12.4. The fraction of sp³-hybridized carbons (Fsp3) is 0.391. The van der Waals surface area contributed by atoms with Gasteiger partial charge in [0.25, 0.3) is 5.91 Å². The van der Waals surface area contributed by atoms with E-state index < -0.39 is 30.3 Å². The van der Waals surface area contributed by atoms with Gasteiger partial charge < -0.3 is 30.2 Å². The molecule has 0 spiro atoms. The number of carboxylic acid groups (broad SMARTS) is 1. The van der Waals surface area contributed by atoms with E-state index in [1.165, 1.54) is 4.90 Å². The summed E-state index contributed by atoms with van der Waals surface area (Å²) in [6.07, 6.45) is -1.78. The first-order valence-electron chi connectivity index (χ1n) is 10.7. The van der Waals surface area contributed by atoms with E-state index in [0.29, 0.717) is 55.4 Å². The topological polar surface area (TPSA) is 125 Å². The molecule has 2 aliphatic heterocycles. The van der Waals surface area contributed by atoms with Gasteiger partial charge >= 0.3 is 5.97 Å². The molecule has 33 heavy (non-hydrogen) atoms. The molecule has 4 N–H and O–H groups in total. The predicted octanol–water partition coefficient (Wildman–Crippen LogP) is 0.982. The molecule has 0 aliphatic carbocycles. The highest BCUT2D eigenvalue weighted by Crippen LogP contribution is 2.34. The van der Waals surface area contributed by atoms with Crippen molar-refractivity contribution < 1.29 is 30.0 Å². The minimum atomic E-state index is -2.17. The number of hydrogen-bond acceptors (Lipinski definition) is 7. The minimum Gasteiger partial charge on any atom is -0.479 e. The molecule has 9 nitrogen and oxygen atoms in total. The van der Waals surface area contributed by atoms with E-state index in [-0.39, 0.29) is 0 Å². The average Bonchev–Trinajstić information content (AvgIpc) is 3.22. The fourth-order valence-corrected chi connectivity index (χ4v) is 4.55. The third kappa shape index (κ3) is 4.83. The van der Waals surface area contributed by atoms with Crippen LogP contribution in [0.3, 0.4) is 0 Å². The largest absolute Gasteiger partial charge is 0.479 e. The second-order valence-electron chi connectivity index (χ2n) is 8.29. The zero-order chi connectivity index (χ0) is 23.8. The number of carbonyl (C=O) groups excluding carboxylic acids is 1. The van der Waals surface area contributed by atoms with Crippen LogP contribution < -0.4 is 9.80 Å². The molecule has 0 saturated carbocycles. The molecule has 2 aliphatic rings. The van der Waals surface area contributed by atoms with Gasteiger partial charge in [-0.2, -0.15) is 0 Å². The van der Waals surface area contributed by atoms with Crippen LogP contribution in [0.1, 0.15) is 17.5 Å². The lowest BCUT2D eigenvalue weighted by Crippen LogP contribution is -2.55. The quantitative estimate of drug-likeness (QED) is 0.456. The van der Waals surface area contributed by atoms with E-state index in [2.05, 4.69) is 4.90 Å². The number of nitrogens with zero attached hydrogens (tertiary/aromatic N) is 3. The molecule has 2 aromatic carbocycles. The molecule has 0 radical (unpaired) electrons. The highest BCUT2D eigenvalue weighted by atomic mass is 35.5. The molecule has 0 bridgehead atoms. The molecule has 1 fully saturated rings. The Morgan fingerprint density at radius 1 is 1.03 bits per heavy atom. The summed E-state index contributed by atoms with van der Waals surface area (Å²) >= 11 is 6.08.